The molecule has 4 aromatic carbocycles. The van der Waals surface area contributed by atoms with Gasteiger partial charge in [0, 0.05) is 22.6 Å². The smallest absolute Gasteiger partial charge is 0.0463 e. The lowest BCUT2D eigenvalue weighted by molar-refractivity contribution is 1.53. The zero-order valence-corrected chi connectivity index (χ0v) is 14.4. The quantitative estimate of drug-likeness (QED) is 0.426. The second-order valence-electron chi connectivity index (χ2n) is 6.24. The average molecular weight is 336 g/mol. The van der Waals surface area contributed by atoms with Crippen LogP contribution in [0, 0.1) is 0 Å². The molecule has 0 spiro atoms. The van der Waals surface area contributed by atoms with Crippen LogP contribution in [0.5, 0.6) is 0 Å². The van der Waals surface area contributed by atoms with Gasteiger partial charge in [-0.25, -0.2) is 0 Å². The molecule has 26 heavy (non-hydrogen) atoms. The Morgan fingerprint density at radius 1 is 0.538 bits per heavy atom. The van der Waals surface area contributed by atoms with Gasteiger partial charge in [0.15, 0.2) is 0 Å². The first-order valence-corrected chi connectivity index (χ1v) is 8.67. The number of nitrogen functional groups attached to an aromatic ring is 1. The Morgan fingerprint density at radius 3 is 2.00 bits per heavy atom. The molecule has 4 rings (SSSR count). The largest absolute Gasteiger partial charge is 0.399 e. The minimum absolute atomic E-state index is 0.777. The molecule has 0 saturated carbocycles. The number of nitrogens with one attached hydrogen (secondary N) is 1. The fraction of sp³-hybridized carbons (Fsp3) is 0. The van der Waals surface area contributed by atoms with Gasteiger partial charge in [-0.1, -0.05) is 66.7 Å². The van der Waals surface area contributed by atoms with E-state index in [9.17, 15) is 0 Å². The van der Waals surface area contributed by atoms with E-state index >= 15 is 0 Å². The van der Waals surface area contributed by atoms with E-state index in [0.29, 0.717) is 0 Å². The van der Waals surface area contributed by atoms with Gasteiger partial charge in [-0.2, -0.15) is 0 Å². The third-order valence-electron chi connectivity index (χ3n) is 4.37. The molecule has 0 bridgehead atoms. The second-order valence-corrected chi connectivity index (χ2v) is 6.24. The topological polar surface area (TPSA) is 38.0 Å². The molecule has 0 atom stereocenters. The number of para-hydroxylation sites is 2. The molecule has 0 aliphatic rings. The Kier molecular flexibility index (Phi) is 4.40. The van der Waals surface area contributed by atoms with Gasteiger partial charge in [0.2, 0.25) is 0 Å². The zero-order chi connectivity index (χ0) is 17.8. The van der Waals surface area contributed by atoms with Gasteiger partial charge in [0.1, 0.15) is 0 Å². The van der Waals surface area contributed by atoms with Crippen molar-refractivity contribution in [3.63, 3.8) is 0 Å². The van der Waals surface area contributed by atoms with Crippen LogP contribution >= 0.6 is 0 Å². The molecule has 0 unspecified atom stereocenters. The fourth-order valence-electron chi connectivity index (χ4n) is 3.11. The standard InChI is InChI=1S/C24H20N2/c25-21-11-7-9-19(17-21)18-8-6-10-20(16-18)23-14-4-5-15-24(23)26-22-12-2-1-3-13-22/h1-17,26H,25H2. The van der Waals surface area contributed by atoms with Crippen LogP contribution in [0.4, 0.5) is 17.1 Å². The molecule has 2 nitrogen and oxygen atoms in total. The minimum Gasteiger partial charge on any atom is -0.399 e. The van der Waals surface area contributed by atoms with Crippen molar-refractivity contribution in [3.05, 3.63) is 103 Å². The fourth-order valence-corrected chi connectivity index (χ4v) is 3.11. The van der Waals surface area contributed by atoms with Crippen molar-refractivity contribution in [2.24, 2.45) is 0 Å². The van der Waals surface area contributed by atoms with Gasteiger partial charge < -0.3 is 11.1 Å². The first-order chi connectivity index (χ1) is 12.8. The molecule has 0 saturated heterocycles. The number of benzene rings is 4. The summed E-state index contributed by atoms with van der Waals surface area (Å²) in [7, 11) is 0. The van der Waals surface area contributed by atoms with E-state index in [1.165, 1.54) is 11.1 Å². The third kappa shape index (κ3) is 3.45. The summed E-state index contributed by atoms with van der Waals surface area (Å²) in [6.45, 7) is 0. The summed E-state index contributed by atoms with van der Waals surface area (Å²) in [5.41, 5.74) is 13.5. The lowest BCUT2D eigenvalue weighted by Crippen LogP contribution is -1.93. The summed E-state index contributed by atoms with van der Waals surface area (Å²) in [5, 5.41) is 3.52. The molecule has 4 aromatic rings. The van der Waals surface area contributed by atoms with Crippen LogP contribution in [0.25, 0.3) is 22.3 Å². The highest BCUT2D eigenvalue weighted by Crippen LogP contribution is 2.33. The van der Waals surface area contributed by atoms with E-state index in [1.807, 2.05) is 36.4 Å². The maximum Gasteiger partial charge on any atom is 0.0463 e. The Hall–Kier alpha value is -3.52. The van der Waals surface area contributed by atoms with E-state index in [4.69, 9.17) is 5.73 Å². The van der Waals surface area contributed by atoms with Crippen LogP contribution in [0.1, 0.15) is 0 Å². The van der Waals surface area contributed by atoms with Crippen LogP contribution in [-0.2, 0) is 0 Å². The van der Waals surface area contributed by atoms with Crippen molar-refractivity contribution in [2.45, 2.75) is 0 Å². The Bertz CT molecular complexity index is 1020. The minimum atomic E-state index is 0.777. The highest BCUT2D eigenvalue weighted by molar-refractivity contribution is 5.83. The summed E-state index contributed by atoms with van der Waals surface area (Å²) in [5.74, 6) is 0. The van der Waals surface area contributed by atoms with Gasteiger partial charge in [0.25, 0.3) is 0 Å². The van der Waals surface area contributed by atoms with Crippen molar-refractivity contribution in [1.29, 1.82) is 0 Å². The van der Waals surface area contributed by atoms with Gasteiger partial charge in [0.05, 0.1) is 0 Å². The van der Waals surface area contributed by atoms with Gasteiger partial charge in [-0.15, -0.1) is 0 Å². The van der Waals surface area contributed by atoms with Crippen LogP contribution in [0.2, 0.25) is 0 Å². The first-order valence-electron chi connectivity index (χ1n) is 8.67. The van der Waals surface area contributed by atoms with E-state index in [1.54, 1.807) is 0 Å². The van der Waals surface area contributed by atoms with Crippen molar-refractivity contribution in [1.82, 2.24) is 0 Å². The monoisotopic (exact) mass is 336 g/mol. The molecule has 0 aliphatic heterocycles. The number of nitrogens with two attached hydrogens (primary N) is 1. The van der Waals surface area contributed by atoms with Crippen molar-refractivity contribution in [3.8, 4) is 22.3 Å². The molecular formula is C24H20N2. The summed E-state index contributed by atoms with van der Waals surface area (Å²) < 4.78 is 0. The summed E-state index contributed by atoms with van der Waals surface area (Å²) in [4.78, 5) is 0. The summed E-state index contributed by atoms with van der Waals surface area (Å²) in [6.07, 6.45) is 0. The Labute approximate surface area is 153 Å². The Morgan fingerprint density at radius 2 is 1.19 bits per heavy atom. The number of anilines is 3. The highest BCUT2D eigenvalue weighted by Gasteiger charge is 2.07. The SMILES string of the molecule is Nc1cccc(-c2cccc(-c3ccccc3Nc3ccccc3)c2)c1. The molecule has 3 N–H and O–H groups in total. The maximum atomic E-state index is 5.95. The van der Waals surface area contributed by atoms with Crippen LogP contribution in [0.3, 0.4) is 0 Å². The second kappa shape index (κ2) is 7.16. The molecule has 0 heterocycles. The van der Waals surface area contributed by atoms with Crippen molar-refractivity contribution >= 4 is 17.1 Å². The van der Waals surface area contributed by atoms with Gasteiger partial charge in [-0.3, -0.25) is 0 Å². The normalized spacial score (nSPS) is 10.5. The highest BCUT2D eigenvalue weighted by atomic mass is 14.9. The number of rotatable bonds is 4. The molecule has 0 aliphatic carbocycles. The van der Waals surface area contributed by atoms with E-state index < -0.39 is 0 Å². The van der Waals surface area contributed by atoms with Crippen LogP contribution in [-0.4, -0.2) is 0 Å². The summed E-state index contributed by atoms with van der Waals surface area (Å²) >= 11 is 0. The molecule has 0 aromatic heterocycles. The van der Waals surface area contributed by atoms with Gasteiger partial charge >= 0.3 is 0 Å². The molecule has 2 heteroatoms. The zero-order valence-electron chi connectivity index (χ0n) is 14.4. The predicted octanol–water partition coefficient (Wildman–Crippen LogP) is 6.35. The number of hydrogen-bond donors (Lipinski definition) is 2. The molecule has 0 amide bonds. The molecule has 0 radical (unpaired) electrons. The first kappa shape index (κ1) is 16.0. The predicted molar refractivity (Wildman–Crippen MR) is 111 cm³/mol. The third-order valence-corrected chi connectivity index (χ3v) is 4.37. The summed E-state index contributed by atoms with van der Waals surface area (Å²) in [6, 6.07) is 35.1. The maximum absolute atomic E-state index is 5.95. The van der Waals surface area contributed by atoms with Crippen LogP contribution < -0.4 is 11.1 Å². The van der Waals surface area contributed by atoms with Crippen molar-refractivity contribution < 1.29 is 0 Å². The molecular weight excluding hydrogens is 316 g/mol. The lowest BCUT2D eigenvalue weighted by atomic mass is 9.97. The van der Waals surface area contributed by atoms with E-state index in [2.05, 4.69) is 72.0 Å². The Balaban J connectivity index is 1.73. The van der Waals surface area contributed by atoms with Gasteiger partial charge in [-0.05, 0) is 53.1 Å². The van der Waals surface area contributed by atoms with E-state index in [0.717, 1.165) is 28.2 Å². The van der Waals surface area contributed by atoms with Crippen molar-refractivity contribution in [2.75, 3.05) is 11.1 Å². The molecule has 126 valence electrons. The van der Waals surface area contributed by atoms with Crippen LogP contribution in [0.15, 0.2) is 103 Å². The van der Waals surface area contributed by atoms with E-state index in [-0.39, 0.29) is 0 Å². The number of hydrogen-bond acceptors (Lipinski definition) is 2. The molecule has 0 fully saturated rings. The lowest BCUT2D eigenvalue weighted by Gasteiger charge is -2.13. The average Bonchev–Trinajstić information content (AvgIpc) is 2.69.